The molecule has 1 aliphatic carbocycles. The van der Waals surface area contributed by atoms with Gasteiger partial charge in [-0.05, 0) is 24.7 Å². The molecule has 0 N–H and O–H groups in total. The van der Waals surface area contributed by atoms with E-state index >= 15 is 0 Å². The number of hydrogen-bond acceptors (Lipinski definition) is 0. The topological polar surface area (TPSA) is 0 Å². The second-order valence-corrected chi connectivity index (χ2v) is 7.66. The minimum Gasteiger partial charge on any atom is -0.103 e. The van der Waals surface area contributed by atoms with Crippen LogP contribution in [-0.4, -0.2) is 7.28 Å². The van der Waals surface area contributed by atoms with E-state index in [-0.39, 0.29) is 0 Å². The van der Waals surface area contributed by atoms with E-state index < -0.39 is 0 Å². The fourth-order valence-corrected chi connectivity index (χ4v) is 4.83. The summed E-state index contributed by atoms with van der Waals surface area (Å²) < 4.78 is 0. The zero-order valence-electron chi connectivity index (χ0n) is 14.3. The summed E-state index contributed by atoms with van der Waals surface area (Å²) in [6, 6.07) is 0. The van der Waals surface area contributed by atoms with Crippen LogP contribution in [0, 0.1) is 5.41 Å². The minimum atomic E-state index is 0.566. The van der Waals surface area contributed by atoms with E-state index in [1.807, 2.05) is 0 Å². The van der Waals surface area contributed by atoms with Crippen molar-refractivity contribution >= 4 is 7.28 Å². The summed E-state index contributed by atoms with van der Waals surface area (Å²) in [6.07, 6.45) is 25.3. The predicted molar refractivity (Wildman–Crippen MR) is 96.2 cm³/mol. The van der Waals surface area contributed by atoms with Crippen molar-refractivity contribution in [2.24, 2.45) is 5.41 Å². The molecule has 119 valence electrons. The molecule has 1 saturated carbocycles. The zero-order chi connectivity index (χ0) is 14.8. The molecule has 2 aliphatic rings. The molecule has 0 bridgehead atoms. The third kappa shape index (κ3) is 5.49. The van der Waals surface area contributed by atoms with Crippen LogP contribution in [0.4, 0.5) is 0 Å². The lowest BCUT2D eigenvalue weighted by Gasteiger charge is -2.41. The van der Waals surface area contributed by atoms with Gasteiger partial charge < -0.3 is 0 Å². The van der Waals surface area contributed by atoms with Gasteiger partial charge in [0.25, 0.3) is 0 Å². The number of allylic oxidation sites excluding steroid dienone is 1. The summed E-state index contributed by atoms with van der Waals surface area (Å²) in [5, 5.41) is 0. The molecule has 0 amide bonds. The van der Waals surface area contributed by atoms with Crippen molar-refractivity contribution in [2.45, 2.75) is 108 Å². The Morgan fingerprint density at radius 3 is 2.05 bits per heavy atom. The first-order chi connectivity index (χ1) is 10.4. The van der Waals surface area contributed by atoms with Crippen molar-refractivity contribution in [3.8, 4) is 0 Å². The third-order valence-electron chi connectivity index (χ3n) is 6.11. The maximum absolute atomic E-state index is 4.12. The van der Waals surface area contributed by atoms with Gasteiger partial charge in [-0.2, -0.15) is 0 Å². The van der Waals surface area contributed by atoms with Crippen LogP contribution in [0.5, 0.6) is 0 Å². The van der Waals surface area contributed by atoms with Crippen LogP contribution in [0.3, 0.4) is 0 Å². The van der Waals surface area contributed by atoms with Gasteiger partial charge >= 0.3 is 0 Å². The molecular formula is C20H36B. The molecule has 2 rings (SSSR count). The highest BCUT2D eigenvalue weighted by atomic mass is 14.4. The second kappa shape index (κ2) is 9.75. The molecule has 1 aliphatic heterocycles. The van der Waals surface area contributed by atoms with Gasteiger partial charge in [-0.3, -0.25) is 0 Å². The second-order valence-electron chi connectivity index (χ2n) is 7.66. The molecule has 0 spiro atoms. The molecule has 1 saturated heterocycles. The highest BCUT2D eigenvalue weighted by molar-refractivity contribution is 6.37. The van der Waals surface area contributed by atoms with Crippen LogP contribution < -0.4 is 0 Å². The van der Waals surface area contributed by atoms with Crippen molar-refractivity contribution < 1.29 is 0 Å². The van der Waals surface area contributed by atoms with Gasteiger partial charge in [-0.25, -0.2) is 0 Å². The van der Waals surface area contributed by atoms with Gasteiger partial charge in [-0.1, -0.05) is 95.3 Å². The van der Waals surface area contributed by atoms with Gasteiger partial charge in [0.1, 0.15) is 7.28 Å². The molecule has 2 fully saturated rings. The average molecular weight is 287 g/mol. The molecule has 0 aromatic heterocycles. The molecule has 1 heterocycles. The van der Waals surface area contributed by atoms with E-state index in [0.29, 0.717) is 5.41 Å². The standard InChI is InChI=1S/C20H36B/c1-2-15-20(16-11-7-3-4-8-12-17-20)19-14-10-6-5-9-13-18-21-19/h2,19H,1,3-18H2. The third-order valence-corrected chi connectivity index (χ3v) is 6.11. The van der Waals surface area contributed by atoms with Crippen molar-refractivity contribution in [2.75, 3.05) is 0 Å². The minimum absolute atomic E-state index is 0.566. The van der Waals surface area contributed by atoms with Crippen LogP contribution in [0.2, 0.25) is 12.1 Å². The highest BCUT2D eigenvalue weighted by Gasteiger charge is 2.36. The summed E-state index contributed by atoms with van der Waals surface area (Å²) in [5.41, 5.74) is 0.566. The van der Waals surface area contributed by atoms with Crippen molar-refractivity contribution in [1.82, 2.24) is 0 Å². The first-order valence-electron chi connectivity index (χ1n) is 9.82. The summed E-state index contributed by atoms with van der Waals surface area (Å²) in [7, 11) is 2.74. The molecular weight excluding hydrogens is 251 g/mol. The van der Waals surface area contributed by atoms with Gasteiger partial charge in [0.15, 0.2) is 0 Å². The Kier molecular flexibility index (Phi) is 7.97. The van der Waals surface area contributed by atoms with E-state index in [1.54, 1.807) is 0 Å². The molecule has 1 atom stereocenters. The van der Waals surface area contributed by atoms with E-state index in [2.05, 4.69) is 19.9 Å². The first kappa shape index (κ1) is 17.2. The van der Waals surface area contributed by atoms with Gasteiger partial charge in [0, 0.05) is 0 Å². The normalized spacial score (nSPS) is 28.7. The molecule has 1 heteroatoms. The number of hydrogen-bond donors (Lipinski definition) is 0. The SMILES string of the molecule is C=CCC1(C2[B]CCCCCCC2)CCCCCCCC1. The molecule has 0 nitrogen and oxygen atoms in total. The maximum atomic E-state index is 4.12. The van der Waals surface area contributed by atoms with Crippen LogP contribution >= 0.6 is 0 Å². The maximum Gasteiger partial charge on any atom is 0.114 e. The van der Waals surface area contributed by atoms with Crippen LogP contribution in [-0.2, 0) is 0 Å². The Labute approximate surface area is 134 Å². The van der Waals surface area contributed by atoms with Gasteiger partial charge in [-0.15, -0.1) is 6.58 Å². The van der Waals surface area contributed by atoms with E-state index in [1.165, 1.54) is 103 Å². The van der Waals surface area contributed by atoms with Gasteiger partial charge in [0.05, 0.1) is 0 Å². The lowest BCUT2D eigenvalue weighted by molar-refractivity contribution is 0.203. The zero-order valence-corrected chi connectivity index (χ0v) is 14.3. The smallest absolute Gasteiger partial charge is 0.103 e. The predicted octanol–water partition coefficient (Wildman–Crippen LogP) is 6.95. The fourth-order valence-electron chi connectivity index (χ4n) is 4.83. The van der Waals surface area contributed by atoms with E-state index in [4.69, 9.17) is 0 Å². The van der Waals surface area contributed by atoms with Crippen molar-refractivity contribution in [3.05, 3.63) is 12.7 Å². The molecule has 1 unspecified atom stereocenters. The quantitative estimate of drug-likeness (QED) is 0.389. The summed E-state index contributed by atoms with van der Waals surface area (Å²) in [5.74, 6) is 0.867. The summed E-state index contributed by atoms with van der Waals surface area (Å²) >= 11 is 0. The van der Waals surface area contributed by atoms with E-state index in [0.717, 1.165) is 5.82 Å². The average Bonchev–Trinajstić information content (AvgIpc) is 2.70. The molecule has 0 aromatic carbocycles. The van der Waals surface area contributed by atoms with Crippen molar-refractivity contribution in [3.63, 3.8) is 0 Å². The Balaban J connectivity index is 2.08. The Bertz CT molecular complexity index is 264. The lowest BCUT2D eigenvalue weighted by atomic mass is 9.47. The summed E-state index contributed by atoms with van der Waals surface area (Å²) in [6.45, 7) is 4.12. The fraction of sp³-hybridized carbons (Fsp3) is 0.900. The monoisotopic (exact) mass is 287 g/mol. The van der Waals surface area contributed by atoms with Crippen molar-refractivity contribution in [1.29, 1.82) is 0 Å². The van der Waals surface area contributed by atoms with Crippen LogP contribution in [0.25, 0.3) is 0 Å². The highest BCUT2D eigenvalue weighted by Crippen LogP contribution is 2.49. The molecule has 0 aromatic rings. The Morgan fingerprint density at radius 1 is 0.810 bits per heavy atom. The largest absolute Gasteiger partial charge is 0.114 e. The molecule has 21 heavy (non-hydrogen) atoms. The number of rotatable bonds is 3. The van der Waals surface area contributed by atoms with E-state index in [9.17, 15) is 0 Å². The Morgan fingerprint density at radius 2 is 1.38 bits per heavy atom. The van der Waals surface area contributed by atoms with Crippen LogP contribution in [0.15, 0.2) is 12.7 Å². The molecule has 1 radical (unpaired) electrons. The Hall–Kier alpha value is -0.195. The van der Waals surface area contributed by atoms with Gasteiger partial charge in [0.2, 0.25) is 0 Å². The summed E-state index contributed by atoms with van der Waals surface area (Å²) in [4.78, 5) is 0. The van der Waals surface area contributed by atoms with Crippen LogP contribution in [0.1, 0.15) is 96.3 Å². The lowest BCUT2D eigenvalue weighted by Crippen LogP contribution is -2.30. The first-order valence-corrected chi connectivity index (χ1v) is 9.82.